The van der Waals surface area contributed by atoms with E-state index in [9.17, 15) is 16.8 Å². The molecule has 0 aliphatic heterocycles. The van der Waals surface area contributed by atoms with Gasteiger partial charge in [-0.1, -0.05) is 65.8 Å². The van der Waals surface area contributed by atoms with Crippen LogP contribution in [0.4, 0.5) is 0 Å². The Morgan fingerprint density at radius 2 is 0.793 bits per heavy atom. The first-order chi connectivity index (χ1) is 12.9. The average Bonchev–Trinajstić information content (AvgIpc) is 2.60. The Bertz CT molecular complexity index is 998. The standard InChI is InChI=1S/C21H26Br2O4S2/c1-19(2,3)15-7-11-17(12-8-15)28(24,25)21(22,23)29(26,27)18-13-9-16(10-14-18)20(4,5)6/h7-14H,1-6H3. The number of rotatable bonds is 4. The van der Waals surface area contributed by atoms with Crippen LogP contribution in [0.25, 0.3) is 0 Å². The highest BCUT2D eigenvalue weighted by Crippen LogP contribution is 2.46. The summed E-state index contributed by atoms with van der Waals surface area (Å²) in [6, 6.07) is 12.6. The molecule has 0 unspecified atom stereocenters. The van der Waals surface area contributed by atoms with Crippen LogP contribution in [0.2, 0.25) is 0 Å². The van der Waals surface area contributed by atoms with Gasteiger partial charge in [0.05, 0.1) is 9.79 Å². The maximum atomic E-state index is 13.2. The van der Waals surface area contributed by atoms with E-state index in [4.69, 9.17) is 0 Å². The number of sulfone groups is 2. The van der Waals surface area contributed by atoms with Crippen LogP contribution in [0, 0.1) is 0 Å². The van der Waals surface area contributed by atoms with Crippen LogP contribution >= 0.6 is 31.9 Å². The summed E-state index contributed by atoms with van der Waals surface area (Å²) in [5, 5.41) is 0. The van der Waals surface area contributed by atoms with Crippen LogP contribution in [-0.2, 0) is 30.5 Å². The number of halogens is 2. The van der Waals surface area contributed by atoms with E-state index in [1.54, 1.807) is 24.3 Å². The number of hydrogen-bond acceptors (Lipinski definition) is 4. The molecule has 0 aliphatic rings. The predicted octanol–water partition coefficient (Wildman–Crippen LogP) is 5.93. The molecule has 2 rings (SSSR count). The largest absolute Gasteiger partial charge is 0.289 e. The van der Waals surface area contributed by atoms with Crippen LogP contribution in [0.15, 0.2) is 58.3 Å². The summed E-state index contributed by atoms with van der Waals surface area (Å²) in [5.41, 5.74) is 1.60. The van der Waals surface area contributed by atoms with Gasteiger partial charge in [0.2, 0.25) is 19.7 Å². The van der Waals surface area contributed by atoms with Crippen molar-refractivity contribution in [2.75, 3.05) is 0 Å². The predicted molar refractivity (Wildman–Crippen MR) is 125 cm³/mol. The molecule has 29 heavy (non-hydrogen) atoms. The Kier molecular flexibility index (Phi) is 6.58. The summed E-state index contributed by atoms with van der Waals surface area (Å²) in [7, 11) is -8.60. The van der Waals surface area contributed by atoms with Gasteiger partial charge in [-0.25, -0.2) is 16.8 Å². The number of hydrogen-bond donors (Lipinski definition) is 0. The topological polar surface area (TPSA) is 68.3 Å². The van der Waals surface area contributed by atoms with E-state index in [0.717, 1.165) is 11.1 Å². The van der Waals surface area contributed by atoms with Gasteiger partial charge < -0.3 is 0 Å². The second-order valence-corrected chi connectivity index (χ2v) is 19.0. The van der Waals surface area contributed by atoms with Crippen molar-refractivity contribution in [1.29, 1.82) is 0 Å². The smallest absolute Gasteiger partial charge is 0.220 e. The highest BCUT2D eigenvalue weighted by Gasteiger charge is 2.52. The fourth-order valence-electron chi connectivity index (χ4n) is 2.69. The Hall–Kier alpha value is -0.700. The summed E-state index contributed by atoms with van der Waals surface area (Å²) in [6.45, 7) is 12.1. The molecule has 2 aromatic rings. The summed E-state index contributed by atoms with van der Waals surface area (Å²) >= 11 is 5.91. The highest BCUT2D eigenvalue weighted by molar-refractivity contribution is 9.30. The van der Waals surface area contributed by atoms with E-state index in [-0.39, 0.29) is 20.6 Å². The van der Waals surface area contributed by atoms with Crippen LogP contribution in [0.5, 0.6) is 0 Å². The van der Waals surface area contributed by atoms with Crippen molar-refractivity contribution in [2.24, 2.45) is 0 Å². The molecular weight excluding hydrogens is 540 g/mol. The first-order valence-electron chi connectivity index (χ1n) is 9.00. The molecule has 0 N–H and O–H groups in total. The monoisotopic (exact) mass is 564 g/mol. The van der Waals surface area contributed by atoms with Crippen LogP contribution < -0.4 is 0 Å². The summed E-state index contributed by atoms with van der Waals surface area (Å²) in [4.78, 5) is -0.178. The van der Waals surface area contributed by atoms with Crippen LogP contribution in [0.3, 0.4) is 0 Å². The molecule has 0 saturated heterocycles. The molecule has 0 radical (unpaired) electrons. The van der Waals surface area contributed by atoms with Gasteiger partial charge in [0.15, 0.2) is 0 Å². The van der Waals surface area contributed by atoms with Gasteiger partial charge in [-0.15, -0.1) is 0 Å². The van der Waals surface area contributed by atoms with Crippen molar-refractivity contribution < 1.29 is 16.8 Å². The summed E-state index contributed by atoms with van der Waals surface area (Å²) in [6.07, 6.45) is 0. The Labute approximate surface area is 191 Å². The first kappa shape index (κ1) is 24.6. The normalized spacial score (nSPS) is 14.1. The maximum absolute atomic E-state index is 13.2. The second-order valence-electron chi connectivity index (χ2n) is 9.02. The Morgan fingerprint density at radius 3 is 1.00 bits per heavy atom. The minimum atomic E-state index is -4.30. The number of alkyl halides is 2. The Balaban J connectivity index is 2.51. The average molecular weight is 566 g/mol. The lowest BCUT2D eigenvalue weighted by atomic mass is 9.87. The molecule has 0 heterocycles. The molecule has 0 atom stereocenters. The van der Waals surface area contributed by atoms with E-state index in [0.29, 0.717) is 0 Å². The summed E-state index contributed by atoms with van der Waals surface area (Å²) < 4.78 is 50.4. The highest BCUT2D eigenvalue weighted by atomic mass is 79.9. The van der Waals surface area contributed by atoms with Gasteiger partial charge in [0.25, 0.3) is 1.90 Å². The van der Waals surface area contributed by atoms with Crippen molar-refractivity contribution in [3.05, 3.63) is 59.7 Å². The molecule has 0 amide bonds. The van der Waals surface area contributed by atoms with E-state index >= 15 is 0 Å². The van der Waals surface area contributed by atoms with Gasteiger partial charge in [-0.05, 0) is 78.1 Å². The minimum Gasteiger partial charge on any atom is -0.220 e. The Morgan fingerprint density at radius 1 is 0.552 bits per heavy atom. The summed E-state index contributed by atoms with van der Waals surface area (Å²) in [5.74, 6) is 0. The first-order valence-corrected chi connectivity index (χ1v) is 13.6. The van der Waals surface area contributed by atoms with Crippen molar-refractivity contribution in [3.63, 3.8) is 0 Å². The molecule has 0 fully saturated rings. The minimum absolute atomic E-state index is 0.0888. The van der Waals surface area contributed by atoms with Crippen molar-refractivity contribution >= 4 is 51.5 Å². The molecule has 0 aliphatic carbocycles. The SMILES string of the molecule is CC(C)(C)c1ccc(S(=O)(=O)C(Br)(Br)S(=O)(=O)c2ccc(C(C)(C)C)cc2)cc1. The lowest BCUT2D eigenvalue weighted by molar-refractivity contribution is 0.580. The maximum Gasteiger partial charge on any atom is 0.289 e. The van der Waals surface area contributed by atoms with E-state index in [1.807, 2.05) is 41.5 Å². The zero-order chi connectivity index (χ0) is 22.5. The molecule has 0 bridgehead atoms. The molecular formula is C21H26Br2O4S2. The van der Waals surface area contributed by atoms with Gasteiger partial charge in [0.1, 0.15) is 0 Å². The van der Waals surface area contributed by atoms with E-state index in [2.05, 4.69) is 31.9 Å². The van der Waals surface area contributed by atoms with Crippen LogP contribution in [0.1, 0.15) is 52.7 Å². The molecule has 0 spiro atoms. The third kappa shape index (κ3) is 4.65. The molecule has 8 heteroatoms. The number of benzene rings is 2. The third-order valence-electron chi connectivity index (χ3n) is 4.69. The van der Waals surface area contributed by atoms with E-state index in [1.165, 1.54) is 24.3 Å². The quantitative estimate of drug-likeness (QED) is 0.431. The third-order valence-corrected chi connectivity index (χ3v) is 14.2. The fourth-order valence-corrected chi connectivity index (χ4v) is 8.20. The van der Waals surface area contributed by atoms with Crippen molar-refractivity contribution in [1.82, 2.24) is 0 Å². The zero-order valence-corrected chi connectivity index (χ0v) is 22.1. The van der Waals surface area contributed by atoms with Crippen molar-refractivity contribution in [3.8, 4) is 0 Å². The lowest BCUT2D eigenvalue weighted by Gasteiger charge is -2.24. The molecule has 4 nitrogen and oxygen atoms in total. The molecule has 0 aromatic heterocycles. The van der Waals surface area contributed by atoms with Gasteiger partial charge in [0, 0.05) is 0 Å². The van der Waals surface area contributed by atoms with Crippen molar-refractivity contribution in [2.45, 2.75) is 64.1 Å². The molecule has 0 saturated carbocycles. The van der Waals surface area contributed by atoms with Gasteiger partial charge in [-0.2, -0.15) is 0 Å². The zero-order valence-electron chi connectivity index (χ0n) is 17.3. The lowest BCUT2D eigenvalue weighted by Crippen LogP contribution is -2.34. The van der Waals surface area contributed by atoms with E-state index < -0.39 is 21.6 Å². The fraction of sp³-hybridized carbons (Fsp3) is 0.429. The van der Waals surface area contributed by atoms with Crippen LogP contribution in [-0.4, -0.2) is 18.7 Å². The van der Waals surface area contributed by atoms with Gasteiger partial charge >= 0.3 is 0 Å². The second kappa shape index (κ2) is 7.77. The van der Waals surface area contributed by atoms with Gasteiger partial charge in [-0.3, -0.25) is 0 Å². The molecule has 160 valence electrons. The molecule has 2 aromatic carbocycles.